The highest BCUT2D eigenvalue weighted by atomic mass is 28.2. The monoisotopic (exact) mass is 303 g/mol. The van der Waals surface area contributed by atoms with Crippen LogP contribution in [0, 0.1) is 0 Å². The molecule has 0 amide bonds. The summed E-state index contributed by atoms with van der Waals surface area (Å²) in [6.45, 7) is 0. The lowest BCUT2D eigenvalue weighted by Crippen LogP contribution is -2.10. The Labute approximate surface area is 133 Å². The van der Waals surface area contributed by atoms with Crippen LogP contribution >= 0.6 is 0 Å². The van der Waals surface area contributed by atoms with Gasteiger partial charge in [0.2, 0.25) is 0 Å². The predicted molar refractivity (Wildman–Crippen MR) is 88.2 cm³/mol. The topological polar surface area (TPSA) is 18.5 Å². The second-order valence-electron chi connectivity index (χ2n) is 4.87. The Balaban J connectivity index is 1.99. The molecule has 2 nitrogen and oxygen atoms in total. The van der Waals surface area contributed by atoms with Crippen LogP contribution in [0.3, 0.4) is 0 Å². The molecule has 3 aromatic rings. The van der Waals surface area contributed by atoms with Gasteiger partial charge in [-0.25, -0.2) is 0 Å². The third-order valence-corrected chi connectivity index (χ3v) is 3.63. The van der Waals surface area contributed by atoms with Crippen molar-refractivity contribution in [2.24, 2.45) is 0 Å². The molecule has 3 heteroatoms. The first-order chi connectivity index (χ1) is 10.9. The third-order valence-electron chi connectivity index (χ3n) is 3.41. The normalized spacial score (nSPS) is 10.5. The van der Waals surface area contributed by atoms with Gasteiger partial charge in [-0.2, -0.15) is 0 Å². The van der Waals surface area contributed by atoms with Crippen molar-refractivity contribution in [2.75, 3.05) is 0 Å². The molecule has 3 radical (unpaired) electrons. The largest absolute Gasteiger partial charge is 0.538 e. The van der Waals surface area contributed by atoms with Crippen LogP contribution in [0.25, 0.3) is 0 Å². The molecule has 0 N–H and O–H groups in total. The van der Waals surface area contributed by atoms with Gasteiger partial charge in [0.25, 0.3) is 0 Å². The van der Waals surface area contributed by atoms with Crippen molar-refractivity contribution in [3.8, 4) is 11.5 Å². The molecule has 0 fully saturated rings. The maximum atomic E-state index is 6.25. The highest BCUT2D eigenvalue weighted by molar-refractivity contribution is 6.00. The summed E-state index contributed by atoms with van der Waals surface area (Å²) in [6, 6.07) is 27.9. The molecule has 0 spiro atoms. The molecule has 0 saturated heterocycles. The average molecular weight is 303 g/mol. The van der Waals surface area contributed by atoms with E-state index in [4.69, 9.17) is 9.16 Å². The first kappa shape index (κ1) is 14.4. The second-order valence-corrected chi connectivity index (χ2v) is 5.07. The van der Waals surface area contributed by atoms with Gasteiger partial charge in [0.15, 0.2) is 5.75 Å². The minimum Gasteiger partial charge on any atom is -0.538 e. The number of rotatable bonds is 5. The molecule has 0 aliphatic heterocycles. The lowest BCUT2D eigenvalue weighted by Gasteiger charge is -2.21. The van der Waals surface area contributed by atoms with Gasteiger partial charge in [-0.3, -0.25) is 0 Å². The smallest absolute Gasteiger partial charge is 0.341 e. The van der Waals surface area contributed by atoms with E-state index in [1.54, 1.807) is 0 Å². The van der Waals surface area contributed by atoms with E-state index in [9.17, 15) is 0 Å². The third kappa shape index (κ3) is 3.20. The van der Waals surface area contributed by atoms with Crippen molar-refractivity contribution in [1.29, 1.82) is 0 Å². The van der Waals surface area contributed by atoms with Crippen molar-refractivity contribution < 1.29 is 9.16 Å². The summed E-state index contributed by atoms with van der Waals surface area (Å²) in [6.07, 6.45) is -0.189. The minimum absolute atomic E-state index is 0.189. The SMILES string of the molecule is [Si]Oc1ccccc1OC(c1ccccc1)c1ccccc1. The first-order valence-electron chi connectivity index (χ1n) is 7.07. The highest BCUT2D eigenvalue weighted by Crippen LogP contribution is 2.33. The Morgan fingerprint density at radius 1 is 0.591 bits per heavy atom. The van der Waals surface area contributed by atoms with Crippen LogP contribution in [0.5, 0.6) is 11.5 Å². The number of hydrogen-bond donors (Lipinski definition) is 0. The molecule has 0 bridgehead atoms. The van der Waals surface area contributed by atoms with E-state index < -0.39 is 0 Å². The van der Waals surface area contributed by atoms with Crippen LogP contribution in [0.2, 0.25) is 0 Å². The molecular weight excluding hydrogens is 288 g/mol. The molecule has 0 atom stereocenters. The van der Waals surface area contributed by atoms with Gasteiger partial charge in [0.1, 0.15) is 11.9 Å². The van der Waals surface area contributed by atoms with Gasteiger partial charge in [-0.1, -0.05) is 72.8 Å². The van der Waals surface area contributed by atoms with Crippen LogP contribution in [-0.2, 0) is 0 Å². The molecule has 107 valence electrons. The fourth-order valence-corrected chi connectivity index (χ4v) is 2.51. The van der Waals surface area contributed by atoms with Gasteiger partial charge >= 0.3 is 10.5 Å². The van der Waals surface area contributed by atoms with Crippen molar-refractivity contribution >= 4 is 10.5 Å². The van der Waals surface area contributed by atoms with Crippen LogP contribution in [-0.4, -0.2) is 10.5 Å². The van der Waals surface area contributed by atoms with Gasteiger partial charge < -0.3 is 9.16 Å². The maximum absolute atomic E-state index is 6.25. The summed E-state index contributed by atoms with van der Waals surface area (Å²) >= 11 is 0. The van der Waals surface area contributed by atoms with E-state index in [0.717, 1.165) is 11.1 Å². The predicted octanol–water partition coefficient (Wildman–Crippen LogP) is 4.32. The van der Waals surface area contributed by atoms with Gasteiger partial charge in [0.05, 0.1) is 0 Å². The number of hydrogen-bond acceptors (Lipinski definition) is 2. The van der Waals surface area contributed by atoms with Crippen molar-refractivity contribution in [3.63, 3.8) is 0 Å². The fraction of sp³-hybridized carbons (Fsp3) is 0.0526. The molecule has 0 heterocycles. The standard InChI is InChI=1S/C19H15O2Si/c22-21-18-14-8-7-13-17(18)20-19(15-9-3-1-4-10-15)16-11-5-2-6-12-16/h1-14,19H. The van der Waals surface area contributed by atoms with Gasteiger partial charge in [0, 0.05) is 0 Å². The highest BCUT2D eigenvalue weighted by Gasteiger charge is 2.17. The van der Waals surface area contributed by atoms with Crippen molar-refractivity contribution in [1.82, 2.24) is 0 Å². The van der Waals surface area contributed by atoms with Crippen molar-refractivity contribution in [2.45, 2.75) is 6.10 Å². The van der Waals surface area contributed by atoms with Crippen LogP contribution < -0.4 is 9.16 Å². The van der Waals surface area contributed by atoms with E-state index in [2.05, 4.69) is 34.8 Å². The quantitative estimate of drug-likeness (QED) is 0.654. The Morgan fingerprint density at radius 3 is 1.55 bits per heavy atom. The minimum atomic E-state index is -0.189. The summed E-state index contributed by atoms with van der Waals surface area (Å²) in [5, 5.41) is 0. The Bertz CT molecular complexity index is 674. The van der Waals surface area contributed by atoms with Crippen LogP contribution in [0.15, 0.2) is 84.9 Å². The molecule has 0 unspecified atom stereocenters. The number of para-hydroxylation sites is 2. The zero-order chi connectivity index (χ0) is 15.2. The Kier molecular flexibility index (Phi) is 4.56. The average Bonchev–Trinajstić information content (AvgIpc) is 2.61. The zero-order valence-electron chi connectivity index (χ0n) is 12.0. The summed E-state index contributed by atoms with van der Waals surface area (Å²) in [7, 11) is 3.08. The lowest BCUT2D eigenvalue weighted by molar-refractivity contribution is 0.241. The lowest BCUT2D eigenvalue weighted by atomic mass is 10.0. The van der Waals surface area contributed by atoms with E-state index in [0.29, 0.717) is 11.5 Å². The first-order valence-corrected chi connectivity index (χ1v) is 7.48. The summed E-state index contributed by atoms with van der Waals surface area (Å²) in [5.74, 6) is 1.34. The van der Waals surface area contributed by atoms with Crippen molar-refractivity contribution in [3.05, 3.63) is 96.1 Å². The molecule has 0 aliphatic rings. The van der Waals surface area contributed by atoms with E-state index in [-0.39, 0.29) is 6.10 Å². The summed E-state index contributed by atoms with van der Waals surface area (Å²) < 4.78 is 11.5. The van der Waals surface area contributed by atoms with E-state index in [1.807, 2.05) is 60.7 Å². The fourth-order valence-electron chi connectivity index (χ4n) is 2.34. The maximum Gasteiger partial charge on any atom is 0.341 e. The van der Waals surface area contributed by atoms with E-state index in [1.165, 1.54) is 0 Å². The van der Waals surface area contributed by atoms with E-state index >= 15 is 0 Å². The summed E-state index contributed by atoms with van der Waals surface area (Å²) in [4.78, 5) is 0. The molecule has 3 aromatic carbocycles. The number of benzene rings is 3. The summed E-state index contributed by atoms with van der Waals surface area (Å²) in [5.41, 5.74) is 2.19. The molecule has 0 saturated carbocycles. The molecule has 3 rings (SSSR count). The van der Waals surface area contributed by atoms with Gasteiger partial charge in [-0.15, -0.1) is 0 Å². The number of ether oxygens (including phenoxy) is 1. The molecule has 0 aromatic heterocycles. The molecule has 0 aliphatic carbocycles. The molecule has 22 heavy (non-hydrogen) atoms. The van der Waals surface area contributed by atoms with Crippen LogP contribution in [0.4, 0.5) is 0 Å². The van der Waals surface area contributed by atoms with Crippen LogP contribution in [0.1, 0.15) is 17.2 Å². The Morgan fingerprint density at radius 2 is 1.05 bits per heavy atom. The molecular formula is C19H15O2Si. The zero-order valence-corrected chi connectivity index (χ0v) is 13.0. The van der Waals surface area contributed by atoms with Gasteiger partial charge in [-0.05, 0) is 23.3 Å². The second kappa shape index (κ2) is 6.96. The Hall–Kier alpha value is -2.52.